The molecular weight excluding hydrogens is 302 g/mol. The van der Waals surface area contributed by atoms with Crippen molar-refractivity contribution in [2.45, 2.75) is 25.8 Å². The van der Waals surface area contributed by atoms with E-state index in [1.165, 1.54) is 4.90 Å². The normalized spacial score (nSPS) is 17.1. The number of rotatable bonds is 5. The molecule has 0 bridgehead atoms. The van der Waals surface area contributed by atoms with Gasteiger partial charge in [-0.15, -0.1) is 0 Å². The van der Waals surface area contributed by atoms with E-state index in [2.05, 4.69) is 11.1 Å². The van der Waals surface area contributed by atoms with E-state index >= 15 is 0 Å². The number of carbonyl (C=O) groups excluding carboxylic acids is 2. The van der Waals surface area contributed by atoms with E-state index in [1.54, 1.807) is 24.4 Å². The van der Waals surface area contributed by atoms with E-state index in [-0.39, 0.29) is 30.7 Å². The third-order valence-electron chi connectivity index (χ3n) is 4.28. The van der Waals surface area contributed by atoms with Gasteiger partial charge in [-0.2, -0.15) is 5.26 Å². The number of amides is 2. The van der Waals surface area contributed by atoms with Gasteiger partial charge in [0.25, 0.3) is 0 Å². The van der Waals surface area contributed by atoms with Gasteiger partial charge in [0.1, 0.15) is 0 Å². The highest BCUT2D eigenvalue weighted by atomic mass is 16.2. The molecule has 1 atom stereocenters. The molecule has 5 heteroatoms. The minimum Gasteiger partial charge on any atom is -0.276 e. The van der Waals surface area contributed by atoms with Crippen molar-refractivity contribution in [2.24, 2.45) is 5.92 Å². The van der Waals surface area contributed by atoms with Gasteiger partial charge in [-0.05, 0) is 36.6 Å². The van der Waals surface area contributed by atoms with E-state index in [0.717, 1.165) is 5.56 Å². The van der Waals surface area contributed by atoms with E-state index < -0.39 is 0 Å². The first-order valence-corrected chi connectivity index (χ1v) is 7.91. The van der Waals surface area contributed by atoms with Gasteiger partial charge in [0.15, 0.2) is 0 Å². The summed E-state index contributed by atoms with van der Waals surface area (Å²) in [6, 6.07) is 15.0. The van der Waals surface area contributed by atoms with Crippen LogP contribution in [0.5, 0.6) is 0 Å². The SMILES string of the molecule is N#Cc1ccccc1CCC1CC(=O)N(Cc2ccccn2)C1=O. The van der Waals surface area contributed by atoms with Gasteiger partial charge in [-0.1, -0.05) is 24.3 Å². The maximum Gasteiger partial charge on any atom is 0.233 e. The Hall–Kier alpha value is -3.00. The molecule has 1 unspecified atom stereocenters. The molecule has 24 heavy (non-hydrogen) atoms. The van der Waals surface area contributed by atoms with Gasteiger partial charge in [0.2, 0.25) is 11.8 Å². The Morgan fingerprint density at radius 1 is 1.17 bits per heavy atom. The fourth-order valence-corrected chi connectivity index (χ4v) is 2.97. The van der Waals surface area contributed by atoms with Crippen LogP contribution < -0.4 is 0 Å². The van der Waals surface area contributed by atoms with E-state index in [4.69, 9.17) is 5.26 Å². The standard InChI is InChI=1S/C19H17N3O2/c20-12-16-6-2-1-5-14(16)8-9-15-11-18(23)22(19(15)24)13-17-7-3-4-10-21-17/h1-7,10,15H,8-9,11,13H2. The Kier molecular flexibility index (Phi) is 4.66. The second kappa shape index (κ2) is 7.05. The van der Waals surface area contributed by atoms with Crippen molar-refractivity contribution in [3.63, 3.8) is 0 Å². The van der Waals surface area contributed by atoms with Gasteiger partial charge in [0.05, 0.1) is 23.9 Å². The molecule has 2 amide bonds. The molecule has 1 aliphatic rings. The summed E-state index contributed by atoms with van der Waals surface area (Å²) < 4.78 is 0. The van der Waals surface area contributed by atoms with Gasteiger partial charge >= 0.3 is 0 Å². The van der Waals surface area contributed by atoms with Crippen LogP contribution in [0.3, 0.4) is 0 Å². The minimum absolute atomic E-state index is 0.139. The average molecular weight is 319 g/mol. The highest BCUT2D eigenvalue weighted by molar-refractivity contribution is 6.03. The molecule has 0 radical (unpaired) electrons. The van der Waals surface area contributed by atoms with Crippen molar-refractivity contribution in [1.29, 1.82) is 5.26 Å². The Bertz CT molecular complexity index is 796. The number of hydrogen-bond donors (Lipinski definition) is 0. The molecule has 5 nitrogen and oxygen atoms in total. The molecule has 120 valence electrons. The van der Waals surface area contributed by atoms with Crippen molar-refractivity contribution < 1.29 is 9.59 Å². The van der Waals surface area contributed by atoms with Gasteiger partial charge in [-0.25, -0.2) is 0 Å². The van der Waals surface area contributed by atoms with Crippen LogP contribution in [0.2, 0.25) is 0 Å². The number of likely N-dealkylation sites (tertiary alicyclic amines) is 1. The molecule has 1 aliphatic heterocycles. The third kappa shape index (κ3) is 3.33. The minimum atomic E-state index is -0.312. The highest BCUT2D eigenvalue weighted by Gasteiger charge is 2.38. The molecule has 0 spiro atoms. The van der Waals surface area contributed by atoms with E-state index in [9.17, 15) is 9.59 Å². The zero-order valence-corrected chi connectivity index (χ0v) is 13.2. The first-order chi connectivity index (χ1) is 11.7. The van der Waals surface area contributed by atoms with Crippen LogP contribution in [0.1, 0.15) is 29.7 Å². The summed E-state index contributed by atoms with van der Waals surface area (Å²) in [4.78, 5) is 30.1. The summed E-state index contributed by atoms with van der Waals surface area (Å²) in [5, 5.41) is 9.12. The number of imide groups is 1. The Morgan fingerprint density at radius 3 is 2.71 bits per heavy atom. The summed E-state index contributed by atoms with van der Waals surface area (Å²) >= 11 is 0. The topological polar surface area (TPSA) is 74.1 Å². The van der Waals surface area contributed by atoms with Gasteiger partial charge in [-0.3, -0.25) is 19.5 Å². The number of benzene rings is 1. The molecule has 0 aliphatic carbocycles. The lowest BCUT2D eigenvalue weighted by molar-refractivity contribution is -0.140. The number of aromatic nitrogens is 1. The lowest BCUT2D eigenvalue weighted by Crippen LogP contribution is -2.30. The third-order valence-corrected chi connectivity index (χ3v) is 4.28. The van der Waals surface area contributed by atoms with Crippen molar-refractivity contribution in [3.05, 3.63) is 65.5 Å². The number of carbonyl (C=O) groups is 2. The number of nitrogens with zero attached hydrogens (tertiary/aromatic N) is 3. The zero-order chi connectivity index (χ0) is 16.9. The van der Waals surface area contributed by atoms with Crippen LogP contribution in [0, 0.1) is 17.2 Å². The fraction of sp³-hybridized carbons (Fsp3) is 0.263. The molecule has 0 N–H and O–H groups in total. The Labute approximate surface area is 140 Å². The largest absolute Gasteiger partial charge is 0.276 e. The first-order valence-electron chi connectivity index (χ1n) is 7.91. The van der Waals surface area contributed by atoms with Crippen molar-refractivity contribution in [1.82, 2.24) is 9.88 Å². The monoisotopic (exact) mass is 319 g/mol. The molecule has 2 aromatic rings. The van der Waals surface area contributed by atoms with Crippen LogP contribution >= 0.6 is 0 Å². The van der Waals surface area contributed by atoms with Crippen LogP contribution in [0.25, 0.3) is 0 Å². The molecular formula is C19H17N3O2. The van der Waals surface area contributed by atoms with Crippen molar-refractivity contribution in [3.8, 4) is 6.07 Å². The van der Waals surface area contributed by atoms with Gasteiger partial charge in [0, 0.05) is 18.5 Å². The fourth-order valence-electron chi connectivity index (χ4n) is 2.97. The predicted octanol–water partition coefficient (Wildman–Crippen LogP) is 2.46. The Balaban J connectivity index is 1.65. The maximum atomic E-state index is 12.5. The number of hydrogen-bond acceptors (Lipinski definition) is 4. The van der Waals surface area contributed by atoms with Gasteiger partial charge < -0.3 is 0 Å². The second-order valence-corrected chi connectivity index (χ2v) is 5.85. The summed E-state index contributed by atoms with van der Waals surface area (Å²) in [6.07, 6.45) is 3.07. The average Bonchev–Trinajstić information content (AvgIpc) is 2.88. The van der Waals surface area contributed by atoms with Crippen molar-refractivity contribution >= 4 is 11.8 Å². The number of pyridine rings is 1. The number of aryl methyl sites for hydroxylation is 1. The molecule has 1 fully saturated rings. The summed E-state index contributed by atoms with van der Waals surface area (Å²) in [5.41, 5.74) is 2.25. The van der Waals surface area contributed by atoms with Crippen molar-refractivity contribution in [2.75, 3.05) is 0 Å². The van der Waals surface area contributed by atoms with Crippen LogP contribution in [0.15, 0.2) is 48.7 Å². The molecule has 1 saturated heterocycles. The smallest absolute Gasteiger partial charge is 0.233 e. The molecule has 1 aromatic carbocycles. The lowest BCUT2D eigenvalue weighted by atomic mass is 9.96. The second-order valence-electron chi connectivity index (χ2n) is 5.85. The van der Waals surface area contributed by atoms with Crippen LogP contribution in [-0.2, 0) is 22.6 Å². The predicted molar refractivity (Wildman–Crippen MR) is 87.4 cm³/mol. The van der Waals surface area contributed by atoms with E-state index in [1.807, 2.05) is 24.3 Å². The number of nitriles is 1. The zero-order valence-electron chi connectivity index (χ0n) is 13.2. The van der Waals surface area contributed by atoms with Crippen LogP contribution in [-0.4, -0.2) is 21.7 Å². The van der Waals surface area contributed by atoms with Crippen LogP contribution in [0.4, 0.5) is 0 Å². The molecule has 0 saturated carbocycles. The quantitative estimate of drug-likeness (QED) is 0.794. The molecule has 2 heterocycles. The summed E-state index contributed by atoms with van der Waals surface area (Å²) in [6.45, 7) is 0.226. The highest BCUT2D eigenvalue weighted by Crippen LogP contribution is 2.26. The lowest BCUT2D eigenvalue weighted by Gasteiger charge is -2.14. The maximum absolute atomic E-state index is 12.5. The molecule has 3 rings (SSSR count). The summed E-state index contributed by atoms with van der Waals surface area (Å²) in [5.74, 6) is -0.600. The van der Waals surface area contributed by atoms with E-state index in [0.29, 0.717) is 24.1 Å². The Morgan fingerprint density at radius 2 is 1.96 bits per heavy atom. The molecule has 1 aromatic heterocycles. The summed E-state index contributed by atoms with van der Waals surface area (Å²) in [7, 11) is 0. The first kappa shape index (κ1) is 15.9.